The molecule has 0 saturated carbocycles. The van der Waals surface area contributed by atoms with Gasteiger partial charge in [0, 0.05) is 33.6 Å². The van der Waals surface area contributed by atoms with Gasteiger partial charge in [-0.1, -0.05) is 72.3 Å². The van der Waals surface area contributed by atoms with Gasteiger partial charge in [0.1, 0.15) is 5.82 Å². The molecule has 1 N–H and O–H groups in total. The second-order valence-corrected chi connectivity index (χ2v) is 8.95. The van der Waals surface area contributed by atoms with Crippen molar-refractivity contribution in [2.75, 3.05) is 0 Å². The van der Waals surface area contributed by atoms with Crippen molar-refractivity contribution in [1.82, 2.24) is 9.88 Å². The van der Waals surface area contributed by atoms with Crippen LogP contribution in [0.2, 0.25) is 5.02 Å². The summed E-state index contributed by atoms with van der Waals surface area (Å²) in [5.74, 6) is -0.324. The number of benzene rings is 4. The average Bonchev–Trinajstić information content (AvgIpc) is 3.36. The van der Waals surface area contributed by atoms with Crippen molar-refractivity contribution < 1.29 is 9.18 Å². The molecule has 166 valence electrons. The van der Waals surface area contributed by atoms with Crippen LogP contribution < -0.4 is 0 Å². The average molecular weight is 467 g/mol. The molecule has 0 saturated heterocycles. The van der Waals surface area contributed by atoms with Gasteiger partial charge < -0.3 is 9.88 Å². The van der Waals surface area contributed by atoms with Crippen LogP contribution >= 0.6 is 11.6 Å². The smallest absolute Gasteiger partial charge is 0.255 e. The predicted octanol–water partition coefficient (Wildman–Crippen LogP) is 7.37. The maximum absolute atomic E-state index is 13.6. The molecule has 0 fully saturated rings. The molecule has 0 aliphatic carbocycles. The lowest BCUT2D eigenvalue weighted by molar-refractivity contribution is 0.0737. The van der Waals surface area contributed by atoms with E-state index in [4.69, 9.17) is 11.6 Å². The number of amides is 1. The molecule has 6 rings (SSSR count). The third-order valence-electron chi connectivity index (χ3n) is 6.48. The highest BCUT2D eigenvalue weighted by molar-refractivity contribution is 6.30. The summed E-state index contributed by atoms with van der Waals surface area (Å²) in [6, 6.07) is 29.7. The summed E-state index contributed by atoms with van der Waals surface area (Å²) in [5.41, 5.74) is 6.53. The molecule has 1 atom stereocenters. The summed E-state index contributed by atoms with van der Waals surface area (Å²) >= 11 is 6.17. The molecule has 3 nitrogen and oxygen atoms in total. The fourth-order valence-electron chi connectivity index (χ4n) is 4.92. The zero-order valence-electron chi connectivity index (χ0n) is 18.1. The van der Waals surface area contributed by atoms with Crippen molar-refractivity contribution in [1.29, 1.82) is 0 Å². The molecule has 1 aromatic heterocycles. The van der Waals surface area contributed by atoms with Gasteiger partial charge in [0.05, 0.1) is 11.7 Å². The fraction of sp³-hybridized carbons (Fsp3) is 0.0690. The van der Waals surface area contributed by atoms with Gasteiger partial charge in [-0.15, -0.1) is 0 Å². The van der Waals surface area contributed by atoms with Crippen LogP contribution in [-0.2, 0) is 6.54 Å². The first-order valence-corrected chi connectivity index (χ1v) is 11.5. The van der Waals surface area contributed by atoms with Crippen molar-refractivity contribution in [3.8, 4) is 11.3 Å². The van der Waals surface area contributed by atoms with Crippen LogP contribution in [0.4, 0.5) is 4.39 Å². The number of nitrogens with one attached hydrogen (secondary N) is 1. The van der Waals surface area contributed by atoms with E-state index in [9.17, 15) is 9.18 Å². The van der Waals surface area contributed by atoms with Gasteiger partial charge in [0.15, 0.2) is 0 Å². The number of carbonyl (C=O) groups is 1. The van der Waals surface area contributed by atoms with Gasteiger partial charge in [0.25, 0.3) is 5.91 Å². The Morgan fingerprint density at radius 1 is 0.853 bits per heavy atom. The third-order valence-corrected chi connectivity index (χ3v) is 6.73. The summed E-state index contributed by atoms with van der Waals surface area (Å²) in [7, 11) is 0. The van der Waals surface area contributed by atoms with Gasteiger partial charge >= 0.3 is 0 Å². The van der Waals surface area contributed by atoms with E-state index in [1.165, 1.54) is 12.1 Å². The van der Waals surface area contributed by atoms with Crippen LogP contribution in [0, 0.1) is 5.82 Å². The van der Waals surface area contributed by atoms with Crippen molar-refractivity contribution in [2.45, 2.75) is 12.6 Å². The number of halogens is 2. The first kappa shape index (κ1) is 20.7. The monoisotopic (exact) mass is 466 g/mol. The topological polar surface area (TPSA) is 36.1 Å². The summed E-state index contributed by atoms with van der Waals surface area (Å²) in [6.45, 7) is 0.373. The maximum Gasteiger partial charge on any atom is 0.255 e. The van der Waals surface area contributed by atoms with Crippen molar-refractivity contribution >= 4 is 28.4 Å². The van der Waals surface area contributed by atoms with Gasteiger partial charge in [0.2, 0.25) is 0 Å². The number of nitrogens with zero attached hydrogens (tertiary/aromatic N) is 1. The summed E-state index contributed by atoms with van der Waals surface area (Å²) in [4.78, 5) is 19.1. The Bertz CT molecular complexity index is 1520. The number of aromatic nitrogens is 1. The number of fused-ring (bicyclic) bond motifs is 2. The lowest BCUT2D eigenvalue weighted by Crippen LogP contribution is -2.28. The highest BCUT2D eigenvalue weighted by atomic mass is 35.5. The molecular weight excluding hydrogens is 447 g/mol. The quantitative estimate of drug-likeness (QED) is 0.295. The fourth-order valence-corrected chi connectivity index (χ4v) is 5.05. The Kier molecular flexibility index (Phi) is 4.96. The normalized spacial score (nSPS) is 15.2. The van der Waals surface area contributed by atoms with Gasteiger partial charge in [-0.25, -0.2) is 4.39 Å². The van der Waals surface area contributed by atoms with Crippen molar-refractivity contribution in [3.05, 3.63) is 130 Å². The first-order chi connectivity index (χ1) is 16.6. The Labute approximate surface area is 201 Å². The molecule has 1 aliphatic heterocycles. The second kappa shape index (κ2) is 8.15. The second-order valence-electron chi connectivity index (χ2n) is 8.52. The molecule has 0 bridgehead atoms. The molecule has 1 aliphatic rings. The molecule has 0 spiro atoms. The number of hydrogen-bond acceptors (Lipinski definition) is 1. The largest absolute Gasteiger partial charge is 0.354 e. The van der Waals surface area contributed by atoms with Gasteiger partial charge in [-0.2, -0.15) is 0 Å². The third kappa shape index (κ3) is 3.39. The van der Waals surface area contributed by atoms with Crippen LogP contribution in [0.5, 0.6) is 0 Å². The molecule has 34 heavy (non-hydrogen) atoms. The summed E-state index contributed by atoms with van der Waals surface area (Å²) in [5, 5.41) is 1.73. The molecule has 0 radical (unpaired) electrons. The summed E-state index contributed by atoms with van der Waals surface area (Å²) < 4.78 is 13.5. The number of aromatic amines is 1. The van der Waals surface area contributed by atoms with E-state index in [0.717, 1.165) is 38.9 Å². The SMILES string of the molecule is O=C1c2ccccc2[C@H](c2c(-c3ccc(Cl)cc3)[nH]c3ccccc23)N1Cc1ccc(F)cc1. The molecule has 5 heteroatoms. The van der Waals surface area contributed by atoms with Crippen molar-refractivity contribution in [2.24, 2.45) is 0 Å². The highest BCUT2D eigenvalue weighted by Gasteiger charge is 2.40. The van der Waals surface area contributed by atoms with Crippen LogP contribution in [0.1, 0.15) is 33.1 Å². The molecule has 0 unspecified atom stereocenters. The molecule has 5 aromatic rings. The zero-order valence-corrected chi connectivity index (χ0v) is 18.9. The van der Waals surface area contributed by atoms with E-state index in [1.54, 1.807) is 12.1 Å². The molecular formula is C29H20ClFN2O. The number of para-hydroxylation sites is 1. The molecule has 2 heterocycles. The number of hydrogen-bond donors (Lipinski definition) is 1. The van der Waals surface area contributed by atoms with Crippen molar-refractivity contribution in [3.63, 3.8) is 0 Å². The lowest BCUT2D eigenvalue weighted by Gasteiger charge is -2.27. The van der Waals surface area contributed by atoms with E-state index in [1.807, 2.05) is 71.6 Å². The Morgan fingerprint density at radius 3 is 2.35 bits per heavy atom. The minimum absolute atomic E-state index is 0.0303. The standard InChI is InChI=1S/C29H20ClFN2O/c30-20-13-11-19(12-14-20)27-26(24-7-3-4-8-25(24)32-27)28-22-5-1-2-6-23(22)29(34)33(28)17-18-9-15-21(31)16-10-18/h1-16,28,32H,17H2/t28-/m1/s1. The van der Waals surface area contributed by atoms with E-state index in [-0.39, 0.29) is 17.8 Å². The Balaban J connectivity index is 1.58. The van der Waals surface area contributed by atoms with Crippen LogP contribution in [-0.4, -0.2) is 15.8 Å². The number of carbonyl (C=O) groups excluding carboxylic acids is 1. The maximum atomic E-state index is 13.6. The van der Waals surface area contributed by atoms with Crippen LogP contribution in [0.25, 0.3) is 22.2 Å². The predicted molar refractivity (Wildman–Crippen MR) is 133 cm³/mol. The van der Waals surface area contributed by atoms with Crippen LogP contribution in [0.15, 0.2) is 97.1 Å². The van der Waals surface area contributed by atoms with E-state index in [0.29, 0.717) is 17.1 Å². The van der Waals surface area contributed by atoms with E-state index < -0.39 is 0 Å². The minimum atomic E-state index is -0.296. The summed E-state index contributed by atoms with van der Waals surface area (Å²) in [6.07, 6.45) is 0. The highest BCUT2D eigenvalue weighted by Crippen LogP contribution is 2.46. The molecule has 1 amide bonds. The van der Waals surface area contributed by atoms with Gasteiger partial charge in [-0.3, -0.25) is 4.79 Å². The lowest BCUT2D eigenvalue weighted by atomic mass is 9.93. The Hall–Kier alpha value is -3.89. The van der Waals surface area contributed by atoms with E-state index in [2.05, 4.69) is 11.1 Å². The zero-order chi connectivity index (χ0) is 23.2. The minimum Gasteiger partial charge on any atom is -0.354 e. The Morgan fingerprint density at radius 2 is 1.56 bits per heavy atom. The van der Waals surface area contributed by atoms with Crippen LogP contribution in [0.3, 0.4) is 0 Å². The first-order valence-electron chi connectivity index (χ1n) is 11.1. The number of rotatable bonds is 4. The van der Waals surface area contributed by atoms with E-state index >= 15 is 0 Å². The number of H-pyrrole nitrogens is 1. The van der Waals surface area contributed by atoms with Gasteiger partial charge in [-0.05, 0) is 53.1 Å². The molecule has 4 aromatic carbocycles.